The van der Waals surface area contributed by atoms with Crippen molar-refractivity contribution in [1.82, 2.24) is 0 Å². The van der Waals surface area contributed by atoms with E-state index in [4.69, 9.17) is 0 Å². The van der Waals surface area contributed by atoms with E-state index in [1.54, 1.807) is 0 Å². The standard InChI is InChI=1S/C21H31NO/c1-13(2)14-10-9-11-15-16(14)22-17(21(15,7)8)19(3,4)12-20(5,6)18(22)23/h9-11,13,17H,12H2,1-8H3. The second-order valence-electron chi connectivity index (χ2n) is 9.75. The van der Waals surface area contributed by atoms with Gasteiger partial charge >= 0.3 is 0 Å². The van der Waals surface area contributed by atoms with Crippen molar-refractivity contribution in [1.29, 1.82) is 0 Å². The molecule has 2 nitrogen and oxygen atoms in total. The highest BCUT2D eigenvalue weighted by Crippen LogP contribution is 2.59. The molecule has 126 valence electrons. The van der Waals surface area contributed by atoms with Crippen LogP contribution in [-0.4, -0.2) is 11.9 Å². The maximum atomic E-state index is 13.4. The molecule has 0 spiro atoms. The molecule has 0 N–H and O–H groups in total. The minimum Gasteiger partial charge on any atom is -0.307 e. The lowest BCUT2D eigenvalue weighted by atomic mass is 9.60. The first-order valence-electron chi connectivity index (χ1n) is 8.88. The summed E-state index contributed by atoms with van der Waals surface area (Å²) in [4.78, 5) is 15.5. The van der Waals surface area contributed by atoms with E-state index in [2.05, 4.69) is 78.5 Å². The van der Waals surface area contributed by atoms with Crippen molar-refractivity contribution >= 4 is 11.6 Å². The van der Waals surface area contributed by atoms with Crippen LogP contribution >= 0.6 is 0 Å². The molecule has 0 saturated carbocycles. The molecule has 0 radical (unpaired) electrons. The first-order chi connectivity index (χ1) is 10.4. The highest BCUT2D eigenvalue weighted by Gasteiger charge is 2.60. The Bertz CT molecular complexity index is 666. The van der Waals surface area contributed by atoms with Crippen LogP contribution in [0.3, 0.4) is 0 Å². The second-order valence-corrected chi connectivity index (χ2v) is 9.75. The van der Waals surface area contributed by atoms with Gasteiger partial charge in [0.1, 0.15) is 0 Å². The van der Waals surface area contributed by atoms with Gasteiger partial charge < -0.3 is 4.90 Å². The average molecular weight is 313 g/mol. The van der Waals surface area contributed by atoms with Gasteiger partial charge in [0.05, 0.1) is 11.7 Å². The zero-order valence-corrected chi connectivity index (χ0v) is 15.9. The van der Waals surface area contributed by atoms with Gasteiger partial charge in [0.15, 0.2) is 0 Å². The Morgan fingerprint density at radius 2 is 1.70 bits per heavy atom. The lowest BCUT2D eigenvalue weighted by molar-refractivity contribution is -0.133. The van der Waals surface area contributed by atoms with E-state index < -0.39 is 0 Å². The van der Waals surface area contributed by atoms with Gasteiger partial charge in [-0.1, -0.05) is 73.6 Å². The van der Waals surface area contributed by atoms with Gasteiger partial charge in [-0.2, -0.15) is 0 Å². The summed E-state index contributed by atoms with van der Waals surface area (Å²) in [5.74, 6) is 0.710. The molecule has 23 heavy (non-hydrogen) atoms. The lowest BCUT2D eigenvalue weighted by Crippen LogP contribution is -2.62. The lowest BCUT2D eigenvalue weighted by Gasteiger charge is -2.53. The number of hydrogen-bond donors (Lipinski definition) is 0. The van der Waals surface area contributed by atoms with Gasteiger partial charge in [0.25, 0.3) is 0 Å². The predicted molar refractivity (Wildman–Crippen MR) is 97.0 cm³/mol. The van der Waals surface area contributed by atoms with Crippen molar-refractivity contribution < 1.29 is 4.79 Å². The van der Waals surface area contributed by atoms with Crippen LogP contribution in [0.1, 0.15) is 78.9 Å². The third-order valence-electron chi connectivity index (χ3n) is 6.00. The van der Waals surface area contributed by atoms with E-state index >= 15 is 0 Å². The summed E-state index contributed by atoms with van der Waals surface area (Å²) in [6, 6.07) is 6.82. The molecular weight excluding hydrogens is 282 g/mol. The van der Waals surface area contributed by atoms with Crippen LogP contribution in [-0.2, 0) is 10.2 Å². The first kappa shape index (κ1) is 16.5. The zero-order valence-electron chi connectivity index (χ0n) is 15.9. The molecule has 2 heteroatoms. The Morgan fingerprint density at radius 1 is 1.09 bits per heavy atom. The Hall–Kier alpha value is -1.31. The van der Waals surface area contributed by atoms with E-state index in [-0.39, 0.29) is 22.3 Å². The van der Waals surface area contributed by atoms with Gasteiger partial charge in [-0.15, -0.1) is 0 Å². The highest BCUT2D eigenvalue weighted by molar-refractivity contribution is 6.02. The van der Waals surface area contributed by atoms with Gasteiger partial charge in [-0.05, 0) is 28.9 Å². The Labute approximate surface area is 141 Å². The van der Waals surface area contributed by atoms with E-state index in [9.17, 15) is 4.79 Å². The number of carbonyl (C=O) groups is 1. The number of rotatable bonds is 1. The van der Waals surface area contributed by atoms with Crippen LogP contribution < -0.4 is 4.90 Å². The van der Waals surface area contributed by atoms with Crippen LogP contribution in [0.4, 0.5) is 5.69 Å². The molecule has 1 fully saturated rings. The molecule has 2 aliphatic rings. The Kier molecular flexibility index (Phi) is 3.32. The number of anilines is 1. The quantitative estimate of drug-likeness (QED) is 0.692. The first-order valence-corrected chi connectivity index (χ1v) is 8.88. The van der Waals surface area contributed by atoms with E-state index in [0.717, 1.165) is 6.42 Å². The van der Waals surface area contributed by atoms with Crippen LogP contribution in [0.15, 0.2) is 18.2 Å². The normalized spacial score (nSPS) is 27.1. The fourth-order valence-electron chi connectivity index (χ4n) is 5.60. The molecule has 1 amide bonds. The van der Waals surface area contributed by atoms with Crippen molar-refractivity contribution in [2.75, 3.05) is 4.90 Å². The van der Waals surface area contributed by atoms with Crippen LogP contribution in [0.2, 0.25) is 0 Å². The number of para-hydroxylation sites is 1. The predicted octanol–water partition coefficient (Wildman–Crippen LogP) is 5.26. The number of nitrogens with zero attached hydrogens (tertiary/aromatic N) is 1. The molecule has 1 saturated heterocycles. The van der Waals surface area contributed by atoms with E-state index in [1.807, 2.05) is 0 Å². The number of carbonyl (C=O) groups excluding carboxylic acids is 1. The van der Waals surface area contributed by atoms with Crippen LogP contribution in [0.25, 0.3) is 0 Å². The molecule has 0 aliphatic carbocycles. The molecule has 2 heterocycles. The number of amides is 1. The molecule has 0 aromatic heterocycles. The molecule has 3 rings (SSSR count). The van der Waals surface area contributed by atoms with Crippen molar-refractivity contribution in [3.05, 3.63) is 29.3 Å². The summed E-state index contributed by atoms with van der Waals surface area (Å²) in [5.41, 5.74) is 3.61. The fourth-order valence-corrected chi connectivity index (χ4v) is 5.60. The SMILES string of the molecule is CC(C)c1cccc2c1N1C(=O)C(C)(C)CC(C)(C)C1C2(C)C. The second kappa shape index (κ2) is 4.62. The van der Waals surface area contributed by atoms with Gasteiger partial charge in [-0.25, -0.2) is 0 Å². The van der Waals surface area contributed by atoms with Gasteiger partial charge in [0.2, 0.25) is 5.91 Å². The zero-order chi connectivity index (χ0) is 17.4. The number of benzene rings is 1. The number of piperidine rings is 1. The fraction of sp³-hybridized carbons (Fsp3) is 0.667. The summed E-state index contributed by atoms with van der Waals surface area (Å²) in [7, 11) is 0. The average Bonchev–Trinajstić information content (AvgIpc) is 2.64. The van der Waals surface area contributed by atoms with Crippen molar-refractivity contribution in [3.63, 3.8) is 0 Å². The minimum atomic E-state index is -0.304. The summed E-state index contributed by atoms with van der Waals surface area (Å²) in [6.07, 6.45) is 0.939. The van der Waals surface area contributed by atoms with E-state index in [1.165, 1.54) is 16.8 Å². The number of fused-ring (bicyclic) bond motifs is 3. The molecular formula is C21H31NO. The monoisotopic (exact) mass is 313 g/mol. The van der Waals surface area contributed by atoms with Gasteiger partial charge in [-0.3, -0.25) is 4.79 Å². The number of hydrogen-bond acceptors (Lipinski definition) is 1. The highest BCUT2D eigenvalue weighted by atomic mass is 16.2. The molecule has 0 bridgehead atoms. The summed E-state index contributed by atoms with van der Waals surface area (Å²) in [6.45, 7) is 18.0. The molecule has 2 aliphatic heterocycles. The third kappa shape index (κ3) is 2.10. The molecule has 1 aromatic rings. The van der Waals surface area contributed by atoms with Crippen LogP contribution in [0, 0.1) is 10.8 Å². The van der Waals surface area contributed by atoms with Crippen molar-refractivity contribution in [2.45, 2.75) is 79.2 Å². The largest absolute Gasteiger partial charge is 0.307 e. The van der Waals surface area contributed by atoms with Crippen molar-refractivity contribution in [3.8, 4) is 0 Å². The Morgan fingerprint density at radius 3 is 2.26 bits per heavy atom. The minimum absolute atomic E-state index is 0.0180. The van der Waals surface area contributed by atoms with Crippen LogP contribution in [0.5, 0.6) is 0 Å². The molecule has 1 unspecified atom stereocenters. The summed E-state index contributed by atoms with van der Waals surface area (Å²) in [5, 5.41) is 0. The molecule has 1 aromatic carbocycles. The smallest absolute Gasteiger partial charge is 0.232 e. The van der Waals surface area contributed by atoms with Crippen molar-refractivity contribution in [2.24, 2.45) is 10.8 Å². The summed E-state index contributed by atoms with van der Waals surface area (Å²) >= 11 is 0. The Balaban J connectivity index is 2.32. The topological polar surface area (TPSA) is 20.3 Å². The third-order valence-corrected chi connectivity index (χ3v) is 6.00. The maximum Gasteiger partial charge on any atom is 0.232 e. The maximum absolute atomic E-state index is 13.4. The van der Waals surface area contributed by atoms with Gasteiger partial charge in [0, 0.05) is 10.8 Å². The van der Waals surface area contributed by atoms with E-state index in [0.29, 0.717) is 11.8 Å². The molecule has 1 atom stereocenters. The summed E-state index contributed by atoms with van der Waals surface area (Å²) < 4.78 is 0.